The summed E-state index contributed by atoms with van der Waals surface area (Å²) in [6, 6.07) is 23.8. The number of amides is 1. The molecule has 0 aliphatic heterocycles. The zero-order valence-electron chi connectivity index (χ0n) is 20.4. The summed E-state index contributed by atoms with van der Waals surface area (Å²) < 4.78 is 8.18. The van der Waals surface area contributed by atoms with E-state index in [4.69, 9.17) is 9.72 Å². The number of hydrogen-bond acceptors (Lipinski definition) is 3. The van der Waals surface area contributed by atoms with Gasteiger partial charge in [0.2, 0.25) is 0 Å². The first kappa shape index (κ1) is 23.6. The fraction of sp³-hybridized carbons (Fsp3) is 0.310. The summed E-state index contributed by atoms with van der Waals surface area (Å²) >= 11 is 0. The first-order valence-corrected chi connectivity index (χ1v) is 12.0. The lowest BCUT2D eigenvalue weighted by Crippen LogP contribution is -2.28. The first-order chi connectivity index (χ1) is 16.4. The smallest absolute Gasteiger partial charge is 0.251 e. The molecule has 1 aromatic heterocycles. The van der Waals surface area contributed by atoms with E-state index in [2.05, 4.69) is 41.9 Å². The fourth-order valence-corrected chi connectivity index (χ4v) is 4.07. The largest absolute Gasteiger partial charge is 0.494 e. The first-order valence-electron chi connectivity index (χ1n) is 12.0. The number of hydrogen-bond donors (Lipinski definition) is 1. The van der Waals surface area contributed by atoms with Crippen LogP contribution in [-0.2, 0) is 6.54 Å². The van der Waals surface area contributed by atoms with Gasteiger partial charge in [0.25, 0.3) is 5.91 Å². The van der Waals surface area contributed by atoms with Crippen molar-refractivity contribution in [2.45, 2.75) is 52.6 Å². The van der Waals surface area contributed by atoms with E-state index in [1.807, 2.05) is 68.4 Å². The predicted molar refractivity (Wildman–Crippen MR) is 137 cm³/mol. The number of carbonyl (C=O) groups excluding carboxylic acids is 1. The van der Waals surface area contributed by atoms with Crippen molar-refractivity contribution in [1.82, 2.24) is 14.9 Å². The minimum atomic E-state index is -0.231. The van der Waals surface area contributed by atoms with Gasteiger partial charge in [0, 0.05) is 12.1 Å². The van der Waals surface area contributed by atoms with Gasteiger partial charge in [0.15, 0.2) is 0 Å². The molecule has 1 N–H and O–H groups in total. The summed E-state index contributed by atoms with van der Waals surface area (Å²) in [5.74, 6) is 2.15. The standard InChI is InChI=1S/C29H33N3O2/c1-20(2)23-14-16-25(17-15-23)34-19-7-18-32-27-9-6-5-8-26(27)31-28(32)22(4)30-29(33)24-12-10-21(3)11-13-24/h5-6,8-17,20,22H,7,18-19H2,1-4H3,(H,30,33). The van der Waals surface area contributed by atoms with Crippen LogP contribution in [0.15, 0.2) is 72.8 Å². The van der Waals surface area contributed by atoms with E-state index < -0.39 is 0 Å². The molecule has 5 heteroatoms. The number of imidazole rings is 1. The number of aromatic nitrogens is 2. The molecule has 1 heterocycles. The van der Waals surface area contributed by atoms with Crippen molar-refractivity contribution in [3.05, 3.63) is 95.3 Å². The Balaban J connectivity index is 1.44. The molecule has 0 bridgehead atoms. The van der Waals surface area contributed by atoms with E-state index in [1.165, 1.54) is 5.56 Å². The van der Waals surface area contributed by atoms with E-state index in [-0.39, 0.29) is 11.9 Å². The lowest BCUT2D eigenvalue weighted by Gasteiger charge is -2.17. The Labute approximate surface area is 201 Å². The zero-order chi connectivity index (χ0) is 24.1. The van der Waals surface area contributed by atoms with Gasteiger partial charge < -0.3 is 14.6 Å². The number of para-hydroxylation sites is 2. The molecule has 34 heavy (non-hydrogen) atoms. The second kappa shape index (κ2) is 10.6. The number of aryl methyl sites for hydroxylation is 2. The Morgan fingerprint density at radius 2 is 1.68 bits per heavy atom. The third-order valence-electron chi connectivity index (χ3n) is 6.07. The molecule has 5 nitrogen and oxygen atoms in total. The topological polar surface area (TPSA) is 56.2 Å². The summed E-state index contributed by atoms with van der Waals surface area (Å²) in [7, 11) is 0. The van der Waals surface area contributed by atoms with Gasteiger partial charge in [-0.15, -0.1) is 0 Å². The highest BCUT2D eigenvalue weighted by atomic mass is 16.5. The number of fused-ring (bicyclic) bond motifs is 1. The number of benzene rings is 3. The molecule has 0 spiro atoms. The van der Waals surface area contributed by atoms with Gasteiger partial charge in [-0.2, -0.15) is 0 Å². The Morgan fingerprint density at radius 3 is 2.38 bits per heavy atom. The lowest BCUT2D eigenvalue weighted by molar-refractivity contribution is 0.0937. The molecule has 4 rings (SSSR count). The van der Waals surface area contributed by atoms with Crippen molar-refractivity contribution in [3.63, 3.8) is 0 Å². The van der Waals surface area contributed by atoms with Crippen LogP contribution in [0.5, 0.6) is 5.75 Å². The van der Waals surface area contributed by atoms with Crippen LogP contribution in [0.25, 0.3) is 11.0 Å². The van der Waals surface area contributed by atoms with Crippen molar-refractivity contribution in [1.29, 1.82) is 0 Å². The van der Waals surface area contributed by atoms with Crippen LogP contribution in [0.1, 0.15) is 66.5 Å². The van der Waals surface area contributed by atoms with Crippen LogP contribution in [0.3, 0.4) is 0 Å². The van der Waals surface area contributed by atoms with Gasteiger partial charge in [-0.05, 0) is 68.1 Å². The quantitative estimate of drug-likeness (QED) is 0.296. The van der Waals surface area contributed by atoms with Crippen LogP contribution in [0, 0.1) is 6.92 Å². The molecule has 4 aromatic rings. The molecule has 0 radical (unpaired) electrons. The van der Waals surface area contributed by atoms with Gasteiger partial charge in [0.05, 0.1) is 23.7 Å². The molecule has 0 saturated heterocycles. The van der Waals surface area contributed by atoms with E-state index in [1.54, 1.807) is 0 Å². The molecule has 0 aliphatic rings. The number of rotatable bonds is 9. The summed E-state index contributed by atoms with van der Waals surface area (Å²) in [5.41, 5.74) is 5.08. The van der Waals surface area contributed by atoms with Crippen molar-refractivity contribution in [2.24, 2.45) is 0 Å². The number of ether oxygens (including phenoxy) is 1. The molecule has 176 valence electrons. The molecule has 3 aromatic carbocycles. The number of carbonyl (C=O) groups is 1. The number of nitrogens with one attached hydrogen (secondary N) is 1. The SMILES string of the molecule is Cc1ccc(C(=O)NC(C)c2nc3ccccc3n2CCCOc2ccc(C(C)C)cc2)cc1. The maximum absolute atomic E-state index is 12.8. The van der Waals surface area contributed by atoms with Gasteiger partial charge in [-0.3, -0.25) is 4.79 Å². The van der Waals surface area contributed by atoms with Gasteiger partial charge in [0.1, 0.15) is 11.6 Å². The highest BCUT2D eigenvalue weighted by Gasteiger charge is 2.19. The van der Waals surface area contributed by atoms with Crippen LogP contribution >= 0.6 is 0 Å². The van der Waals surface area contributed by atoms with Crippen LogP contribution in [-0.4, -0.2) is 22.1 Å². The average Bonchev–Trinajstić information content (AvgIpc) is 3.21. The maximum Gasteiger partial charge on any atom is 0.251 e. The van der Waals surface area contributed by atoms with Crippen LogP contribution in [0.4, 0.5) is 0 Å². The van der Waals surface area contributed by atoms with Crippen molar-refractivity contribution in [2.75, 3.05) is 6.61 Å². The molecular weight excluding hydrogens is 422 g/mol. The van der Waals surface area contributed by atoms with Crippen molar-refractivity contribution in [3.8, 4) is 5.75 Å². The predicted octanol–water partition coefficient (Wildman–Crippen LogP) is 6.43. The summed E-state index contributed by atoms with van der Waals surface area (Å²) in [6.07, 6.45) is 0.831. The molecular formula is C29H33N3O2. The van der Waals surface area contributed by atoms with Crippen molar-refractivity contribution >= 4 is 16.9 Å². The lowest BCUT2D eigenvalue weighted by atomic mass is 10.0. The summed E-state index contributed by atoms with van der Waals surface area (Å²) in [4.78, 5) is 17.6. The highest BCUT2D eigenvalue weighted by molar-refractivity contribution is 5.94. The summed E-state index contributed by atoms with van der Waals surface area (Å²) in [5, 5.41) is 3.11. The second-order valence-corrected chi connectivity index (χ2v) is 9.10. The summed E-state index contributed by atoms with van der Waals surface area (Å²) in [6.45, 7) is 9.73. The fourth-order valence-electron chi connectivity index (χ4n) is 4.07. The van der Waals surface area contributed by atoms with E-state index >= 15 is 0 Å². The molecule has 1 atom stereocenters. The zero-order valence-corrected chi connectivity index (χ0v) is 20.4. The minimum Gasteiger partial charge on any atom is -0.494 e. The third-order valence-corrected chi connectivity index (χ3v) is 6.07. The van der Waals surface area contributed by atoms with Gasteiger partial charge in [-0.1, -0.05) is 55.8 Å². The Kier molecular flexibility index (Phi) is 7.31. The monoisotopic (exact) mass is 455 g/mol. The van der Waals surface area contributed by atoms with E-state index in [0.29, 0.717) is 18.1 Å². The average molecular weight is 456 g/mol. The Hall–Kier alpha value is -3.60. The second-order valence-electron chi connectivity index (χ2n) is 9.10. The van der Waals surface area contributed by atoms with Crippen LogP contribution in [0.2, 0.25) is 0 Å². The van der Waals surface area contributed by atoms with Crippen LogP contribution < -0.4 is 10.1 Å². The molecule has 0 saturated carbocycles. The van der Waals surface area contributed by atoms with Crippen molar-refractivity contribution < 1.29 is 9.53 Å². The van der Waals surface area contributed by atoms with E-state index in [9.17, 15) is 4.79 Å². The third kappa shape index (κ3) is 5.48. The normalized spacial score (nSPS) is 12.1. The molecule has 1 unspecified atom stereocenters. The highest BCUT2D eigenvalue weighted by Crippen LogP contribution is 2.22. The molecule has 0 aliphatic carbocycles. The van der Waals surface area contributed by atoms with Gasteiger partial charge in [-0.25, -0.2) is 4.98 Å². The molecule has 1 amide bonds. The van der Waals surface area contributed by atoms with Gasteiger partial charge >= 0.3 is 0 Å². The maximum atomic E-state index is 12.8. The number of nitrogens with zero attached hydrogens (tertiary/aromatic N) is 2. The Morgan fingerprint density at radius 1 is 0.971 bits per heavy atom. The van der Waals surface area contributed by atoms with E-state index in [0.717, 1.165) is 41.1 Å². The minimum absolute atomic E-state index is 0.0979. The molecule has 0 fully saturated rings. The Bertz CT molecular complexity index is 1240.